The fourth-order valence-electron chi connectivity index (χ4n) is 3.03. The van der Waals surface area contributed by atoms with Crippen molar-refractivity contribution in [3.63, 3.8) is 0 Å². The van der Waals surface area contributed by atoms with Gasteiger partial charge in [0.05, 0.1) is 19.4 Å². The summed E-state index contributed by atoms with van der Waals surface area (Å²) in [6, 6.07) is 11.1. The number of hydrogen-bond acceptors (Lipinski definition) is 7. The molecule has 7 nitrogen and oxygen atoms in total. The summed E-state index contributed by atoms with van der Waals surface area (Å²) in [6.45, 7) is 0. The van der Waals surface area contributed by atoms with Gasteiger partial charge in [0, 0.05) is 10.0 Å². The highest BCUT2D eigenvalue weighted by atomic mass is 35.5. The van der Waals surface area contributed by atoms with Crippen LogP contribution in [0.5, 0.6) is 0 Å². The van der Waals surface area contributed by atoms with Gasteiger partial charge in [-0.2, -0.15) is 0 Å². The molecule has 170 valence electrons. The number of thiazole rings is 2. The van der Waals surface area contributed by atoms with E-state index in [-0.39, 0.29) is 11.4 Å². The van der Waals surface area contributed by atoms with Gasteiger partial charge in [0.15, 0.2) is 10.3 Å². The lowest BCUT2D eigenvalue weighted by molar-refractivity contribution is 0.101. The van der Waals surface area contributed by atoms with Crippen LogP contribution < -0.4 is 10.6 Å². The Hall–Kier alpha value is -2.53. The summed E-state index contributed by atoms with van der Waals surface area (Å²) in [6.07, 6.45) is 0. The number of anilines is 2. The predicted octanol–water partition coefficient (Wildman–Crippen LogP) is 7.42. The van der Waals surface area contributed by atoms with Crippen LogP contribution in [-0.2, 0) is 0 Å². The van der Waals surface area contributed by atoms with Crippen molar-refractivity contribution in [1.29, 1.82) is 0 Å². The van der Waals surface area contributed by atoms with E-state index in [0.717, 1.165) is 9.40 Å². The van der Waals surface area contributed by atoms with E-state index < -0.39 is 11.8 Å². The molecule has 3 heterocycles. The van der Waals surface area contributed by atoms with Crippen LogP contribution in [0.15, 0.2) is 42.5 Å². The second kappa shape index (κ2) is 9.26. The van der Waals surface area contributed by atoms with Crippen LogP contribution in [-0.4, -0.2) is 26.8 Å². The van der Waals surface area contributed by atoms with Gasteiger partial charge in [-0.3, -0.25) is 20.2 Å². The molecule has 13 heteroatoms. The van der Waals surface area contributed by atoms with E-state index in [4.69, 9.17) is 46.4 Å². The number of benzene rings is 2. The first-order valence-electron chi connectivity index (χ1n) is 9.38. The highest BCUT2D eigenvalue weighted by molar-refractivity contribution is 7.22. The molecule has 0 aliphatic rings. The molecule has 0 saturated heterocycles. The van der Waals surface area contributed by atoms with Crippen molar-refractivity contribution in [2.24, 2.45) is 0 Å². The van der Waals surface area contributed by atoms with E-state index in [0.29, 0.717) is 41.4 Å². The van der Waals surface area contributed by atoms with Crippen molar-refractivity contribution in [3.05, 3.63) is 73.9 Å². The van der Waals surface area contributed by atoms with Gasteiger partial charge in [-0.05, 0) is 36.4 Å². The number of rotatable bonds is 4. The standard InChI is InChI=1S/C21H9Cl4N5O2S2/c22-8-4-10(24)16-14(6-8)33-20(27-16)29-18(31)12-2-1-3-13(26-12)19(32)30-21-28-17-11(25)5-9(23)7-15(17)34-21/h1-7H,(H,27,29,31)(H,28,30,32). The molecule has 0 atom stereocenters. The highest BCUT2D eigenvalue weighted by Gasteiger charge is 2.17. The maximum absolute atomic E-state index is 12.7. The van der Waals surface area contributed by atoms with Crippen molar-refractivity contribution < 1.29 is 9.59 Å². The molecule has 5 rings (SSSR count). The van der Waals surface area contributed by atoms with Crippen LogP contribution in [0.25, 0.3) is 20.4 Å². The second-order valence-corrected chi connectivity index (χ2v) is 10.6. The molecule has 3 aromatic heterocycles. The second-order valence-electron chi connectivity index (χ2n) is 6.82. The Bertz CT molecular complexity index is 1500. The number of nitrogens with one attached hydrogen (secondary N) is 2. The average molecular weight is 569 g/mol. The Balaban J connectivity index is 1.35. The topological polar surface area (TPSA) is 96.9 Å². The SMILES string of the molecule is O=C(Nc1nc2c(Cl)cc(Cl)cc2s1)c1cccc(C(=O)Nc2nc3c(Cl)cc(Cl)cc3s2)n1. The van der Waals surface area contributed by atoms with E-state index in [1.165, 1.54) is 34.8 Å². The summed E-state index contributed by atoms with van der Waals surface area (Å²) < 4.78 is 1.46. The van der Waals surface area contributed by atoms with Crippen molar-refractivity contribution in [2.45, 2.75) is 0 Å². The summed E-state index contributed by atoms with van der Waals surface area (Å²) >= 11 is 26.8. The number of carbonyl (C=O) groups is 2. The molecular weight excluding hydrogens is 560 g/mol. The van der Waals surface area contributed by atoms with E-state index in [1.54, 1.807) is 30.3 Å². The fraction of sp³-hybridized carbons (Fsp3) is 0. The molecule has 0 aliphatic carbocycles. The lowest BCUT2D eigenvalue weighted by Crippen LogP contribution is -2.18. The third-order valence-corrected chi connectivity index (χ3v) is 7.33. The molecule has 2 amide bonds. The number of aromatic nitrogens is 3. The summed E-state index contributed by atoms with van der Waals surface area (Å²) in [5.41, 5.74) is 1.14. The van der Waals surface area contributed by atoms with Crippen LogP contribution >= 0.6 is 69.1 Å². The van der Waals surface area contributed by atoms with Gasteiger partial charge in [-0.1, -0.05) is 75.1 Å². The van der Waals surface area contributed by atoms with Crippen molar-refractivity contribution >= 4 is 112 Å². The molecule has 0 spiro atoms. The van der Waals surface area contributed by atoms with Crippen molar-refractivity contribution in [2.75, 3.05) is 10.6 Å². The number of pyridine rings is 1. The Morgan fingerprint density at radius 1 is 0.676 bits per heavy atom. The monoisotopic (exact) mass is 567 g/mol. The molecule has 34 heavy (non-hydrogen) atoms. The zero-order valence-corrected chi connectivity index (χ0v) is 21.2. The number of fused-ring (bicyclic) bond motifs is 2. The Labute approximate surface area is 219 Å². The van der Waals surface area contributed by atoms with Crippen molar-refractivity contribution in [1.82, 2.24) is 15.0 Å². The zero-order valence-electron chi connectivity index (χ0n) is 16.5. The van der Waals surface area contributed by atoms with E-state index in [9.17, 15) is 9.59 Å². The van der Waals surface area contributed by atoms with Crippen molar-refractivity contribution in [3.8, 4) is 0 Å². The normalized spacial score (nSPS) is 11.2. The Morgan fingerprint density at radius 3 is 1.56 bits per heavy atom. The van der Waals surface area contributed by atoms with Gasteiger partial charge in [-0.15, -0.1) is 0 Å². The lowest BCUT2D eigenvalue weighted by atomic mass is 10.3. The zero-order chi connectivity index (χ0) is 24.0. The first-order valence-corrected chi connectivity index (χ1v) is 12.5. The minimum Gasteiger partial charge on any atom is -0.296 e. The van der Waals surface area contributed by atoms with Crippen LogP contribution in [0, 0.1) is 0 Å². The minimum absolute atomic E-state index is 0.0372. The molecule has 0 saturated carbocycles. The Morgan fingerprint density at radius 2 is 1.12 bits per heavy atom. The minimum atomic E-state index is -0.530. The smallest absolute Gasteiger partial charge is 0.276 e. The van der Waals surface area contributed by atoms with E-state index in [1.807, 2.05) is 0 Å². The molecule has 0 unspecified atom stereocenters. The first kappa shape index (κ1) is 23.2. The maximum atomic E-state index is 12.7. The number of amides is 2. The summed E-state index contributed by atoms with van der Waals surface area (Å²) in [5.74, 6) is -1.06. The molecule has 0 radical (unpaired) electrons. The van der Waals surface area contributed by atoms with Gasteiger partial charge in [-0.25, -0.2) is 15.0 Å². The Kier molecular flexibility index (Phi) is 6.32. The largest absolute Gasteiger partial charge is 0.296 e. The summed E-state index contributed by atoms with van der Waals surface area (Å²) in [5, 5.41) is 7.71. The third-order valence-electron chi connectivity index (χ3n) is 4.48. The molecule has 2 aromatic carbocycles. The predicted molar refractivity (Wildman–Crippen MR) is 139 cm³/mol. The van der Waals surface area contributed by atoms with Gasteiger partial charge in [0.2, 0.25) is 0 Å². The highest BCUT2D eigenvalue weighted by Crippen LogP contribution is 2.35. The average Bonchev–Trinajstić information content (AvgIpc) is 3.37. The van der Waals surface area contributed by atoms with Gasteiger partial charge in [0.1, 0.15) is 22.4 Å². The van der Waals surface area contributed by atoms with E-state index in [2.05, 4.69) is 25.6 Å². The number of hydrogen-bond donors (Lipinski definition) is 2. The van der Waals surface area contributed by atoms with Crippen LogP contribution in [0.1, 0.15) is 21.0 Å². The molecule has 0 aliphatic heterocycles. The molecular formula is C21H9Cl4N5O2S2. The quantitative estimate of drug-likeness (QED) is 0.235. The summed E-state index contributed by atoms with van der Waals surface area (Å²) in [4.78, 5) is 38.3. The third kappa shape index (κ3) is 4.68. The van der Waals surface area contributed by atoms with Crippen LogP contribution in [0.4, 0.5) is 10.3 Å². The van der Waals surface area contributed by atoms with Crippen LogP contribution in [0.2, 0.25) is 20.1 Å². The fourth-order valence-corrected chi connectivity index (χ4v) is 6.20. The molecule has 0 bridgehead atoms. The van der Waals surface area contributed by atoms with Crippen LogP contribution in [0.3, 0.4) is 0 Å². The number of carbonyl (C=O) groups excluding carboxylic acids is 2. The van der Waals surface area contributed by atoms with Gasteiger partial charge < -0.3 is 0 Å². The van der Waals surface area contributed by atoms with Gasteiger partial charge in [0.25, 0.3) is 11.8 Å². The molecule has 2 N–H and O–H groups in total. The molecule has 5 aromatic rings. The van der Waals surface area contributed by atoms with E-state index >= 15 is 0 Å². The lowest BCUT2D eigenvalue weighted by Gasteiger charge is -2.04. The first-order chi connectivity index (χ1) is 16.3. The summed E-state index contributed by atoms with van der Waals surface area (Å²) in [7, 11) is 0. The number of nitrogens with zero attached hydrogens (tertiary/aromatic N) is 3. The maximum Gasteiger partial charge on any atom is 0.276 e. The van der Waals surface area contributed by atoms with Gasteiger partial charge >= 0.3 is 0 Å². The number of halogens is 4. The molecule has 0 fully saturated rings.